The zero-order chi connectivity index (χ0) is 15.2. The lowest BCUT2D eigenvalue weighted by atomic mass is 10.2. The number of halogens is 4. The Morgan fingerprint density at radius 1 is 1.33 bits per heavy atom. The summed E-state index contributed by atoms with van der Waals surface area (Å²) in [5.74, 6) is -0.221. The number of carbonyl (C=O) groups is 1. The van der Waals surface area contributed by atoms with Crippen LogP contribution in [0.15, 0.2) is 24.3 Å². The molecule has 1 rings (SSSR count). The predicted molar refractivity (Wildman–Crippen MR) is 72.3 cm³/mol. The highest BCUT2D eigenvalue weighted by Crippen LogP contribution is 2.30. The van der Waals surface area contributed by atoms with Crippen LogP contribution in [0.25, 0.3) is 0 Å². The van der Waals surface area contributed by atoms with Crippen molar-refractivity contribution >= 4 is 18.3 Å². The lowest BCUT2D eigenvalue weighted by Gasteiger charge is -2.13. The lowest BCUT2D eigenvalue weighted by Crippen LogP contribution is -2.38. The van der Waals surface area contributed by atoms with E-state index >= 15 is 0 Å². The number of benzene rings is 1. The molecule has 0 aromatic heterocycles. The van der Waals surface area contributed by atoms with Crippen LogP contribution in [0.4, 0.5) is 13.2 Å². The zero-order valence-corrected chi connectivity index (χ0v) is 11.7. The number of aliphatic hydroxyl groups excluding tert-OH is 1. The van der Waals surface area contributed by atoms with Crippen LogP contribution in [-0.2, 0) is 11.0 Å². The molecule has 0 aliphatic heterocycles. The summed E-state index contributed by atoms with van der Waals surface area (Å²) >= 11 is 0. The molecule has 0 fully saturated rings. The molecule has 0 aliphatic rings. The van der Waals surface area contributed by atoms with E-state index < -0.39 is 23.8 Å². The largest absolute Gasteiger partial charge is 0.491 e. The number of carbonyl (C=O) groups excluding carboxylic acids is 1. The molecule has 5 nitrogen and oxygen atoms in total. The van der Waals surface area contributed by atoms with E-state index in [0.717, 1.165) is 24.3 Å². The molecule has 1 aromatic carbocycles. The quantitative estimate of drug-likeness (QED) is 0.725. The Morgan fingerprint density at radius 2 is 1.90 bits per heavy atom. The summed E-state index contributed by atoms with van der Waals surface area (Å²) in [5.41, 5.74) is 4.28. The van der Waals surface area contributed by atoms with Crippen molar-refractivity contribution < 1.29 is 27.8 Å². The van der Waals surface area contributed by atoms with Crippen molar-refractivity contribution in [3.8, 4) is 5.75 Å². The van der Waals surface area contributed by atoms with Crippen molar-refractivity contribution in [2.45, 2.75) is 12.3 Å². The second kappa shape index (κ2) is 8.71. The molecule has 0 bridgehead atoms. The van der Waals surface area contributed by atoms with Gasteiger partial charge in [0.25, 0.3) is 0 Å². The van der Waals surface area contributed by atoms with Gasteiger partial charge in [0.1, 0.15) is 18.5 Å². The maximum absolute atomic E-state index is 12.3. The summed E-state index contributed by atoms with van der Waals surface area (Å²) in [6.07, 6.45) is -5.38. The highest BCUT2D eigenvalue weighted by Gasteiger charge is 2.30. The van der Waals surface area contributed by atoms with Gasteiger partial charge in [0.2, 0.25) is 5.91 Å². The number of amides is 1. The summed E-state index contributed by atoms with van der Waals surface area (Å²) in [4.78, 5) is 10.8. The number of rotatable bonds is 6. The molecule has 21 heavy (non-hydrogen) atoms. The van der Waals surface area contributed by atoms with Gasteiger partial charge in [0.15, 0.2) is 0 Å². The molecular formula is C12H16ClF3N2O3. The van der Waals surface area contributed by atoms with E-state index in [1.54, 1.807) is 0 Å². The average molecular weight is 329 g/mol. The van der Waals surface area contributed by atoms with Crippen LogP contribution < -0.4 is 15.8 Å². The van der Waals surface area contributed by atoms with Crippen LogP contribution in [-0.4, -0.2) is 36.8 Å². The molecule has 1 atom stereocenters. The highest BCUT2D eigenvalue weighted by molar-refractivity contribution is 5.85. The molecule has 1 amide bonds. The highest BCUT2D eigenvalue weighted by atomic mass is 35.5. The number of nitrogens with one attached hydrogen (secondary N) is 1. The van der Waals surface area contributed by atoms with Gasteiger partial charge in [-0.25, -0.2) is 0 Å². The number of hydrogen-bond acceptors (Lipinski definition) is 4. The van der Waals surface area contributed by atoms with Gasteiger partial charge in [0, 0.05) is 6.54 Å². The van der Waals surface area contributed by atoms with Gasteiger partial charge in [-0.3, -0.25) is 4.79 Å². The standard InChI is InChI=1S/C12H15F3N2O3.ClH/c13-12(14,15)8-1-3-10(4-2-8)20-7-9(18)6-17-11(19)5-16;/h1-4,9,18H,5-7,16H2,(H,17,19);1H. The fourth-order valence-electron chi connectivity index (χ4n) is 1.30. The van der Waals surface area contributed by atoms with Crippen LogP contribution in [0.3, 0.4) is 0 Å². The van der Waals surface area contributed by atoms with Crippen molar-refractivity contribution in [3.63, 3.8) is 0 Å². The number of alkyl halides is 3. The minimum Gasteiger partial charge on any atom is -0.491 e. The van der Waals surface area contributed by atoms with Gasteiger partial charge in [-0.1, -0.05) is 0 Å². The molecule has 1 unspecified atom stereocenters. The predicted octanol–water partition coefficient (Wildman–Crippen LogP) is 0.942. The summed E-state index contributed by atoms with van der Waals surface area (Å²) < 4.78 is 42.0. The van der Waals surface area contributed by atoms with Crippen molar-refractivity contribution in [2.24, 2.45) is 5.73 Å². The zero-order valence-electron chi connectivity index (χ0n) is 10.9. The summed E-state index contributed by atoms with van der Waals surface area (Å²) in [5, 5.41) is 11.8. The smallest absolute Gasteiger partial charge is 0.416 e. The Hall–Kier alpha value is -1.51. The first-order chi connectivity index (χ1) is 9.32. The van der Waals surface area contributed by atoms with Gasteiger partial charge < -0.3 is 20.9 Å². The van der Waals surface area contributed by atoms with Gasteiger partial charge >= 0.3 is 6.18 Å². The van der Waals surface area contributed by atoms with E-state index in [-0.39, 0.29) is 37.9 Å². The lowest BCUT2D eigenvalue weighted by molar-refractivity contribution is -0.137. The Balaban J connectivity index is 0.00000400. The first kappa shape index (κ1) is 19.5. The van der Waals surface area contributed by atoms with E-state index in [9.17, 15) is 23.1 Å². The van der Waals surface area contributed by atoms with E-state index in [1.807, 2.05) is 0 Å². The number of ether oxygens (including phenoxy) is 1. The second-order valence-electron chi connectivity index (χ2n) is 4.00. The molecule has 0 radical (unpaired) electrons. The molecule has 120 valence electrons. The molecule has 0 spiro atoms. The summed E-state index contributed by atoms with van der Waals surface area (Å²) in [6.45, 7) is -0.390. The molecule has 4 N–H and O–H groups in total. The van der Waals surface area contributed by atoms with E-state index in [1.165, 1.54) is 0 Å². The van der Waals surface area contributed by atoms with Crippen molar-refractivity contribution in [3.05, 3.63) is 29.8 Å². The fraction of sp³-hybridized carbons (Fsp3) is 0.417. The average Bonchev–Trinajstić information content (AvgIpc) is 2.41. The fourth-order valence-corrected chi connectivity index (χ4v) is 1.30. The van der Waals surface area contributed by atoms with E-state index in [2.05, 4.69) is 5.32 Å². The Kier molecular flexibility index (Phi) is 8.08. The number of hydrogen-bond donors (Lipinski definition) is 3. The molecular weight excluding hydrogens is 313 g/mol. The normalized spacial score (nSPS) is 12.2. The molecule has 0 saturated carbocycles. The van der Waals surface area contributed by atoms with Crippen molar-refractivity contribution in [2.75, 3.05) is 19.7 Å². The second-order valence-corrected chi connectivity index (χ2v) is 4.00. The Labute approximate surface area is 125 Å². The Morgan fingerprint density at radius 3 is 2.38 bits per heavy atom. The van der Waals surface area contributed by atoms with Gasteiger partial charge in [-0.05, 0) is 24.3 Å². The third-order valence-corrected chi connectivity index (χ3v) is 2.34. The van der Waals surface area contributed by atoms with Crippen LogP contribution >= 0.6 is 12.4 Å². The number of aliphatic hydroxyl groups is 1. The third kappa shape index (κ3) is 7.16. The molecule has 9 heteroatoms. The molecule has 0 saturated heterocycles. The van der Waals surface area contributed by atoms with Crippen LogP contribution in [0, 0.1) is 0 Å². The third-order valence-electron chi connectivity index (χ3n) is 2.34. The monoisotopic (exact) mass is 328 g/mol. The topological polar surface area (TPSA) is 84.6 Å². The van der Waals surface area contributed by atoms with Crippen LogP contribution in [0.1, 0.15) is 5.56 Å². The maximum atomic E-state index is 12.3. The van der Waals surface area contributed by atoms with E-state index in [4.69, 9.17) is 10.5 Å². The first-order valence-electron chi connectivity index (χ1n) is 5.78. The van der Waals surface area contributed by atoms with Crippen molar-refractivity contribution in [1.29, 1.82) is 0 Å². The Bertz CT molecular complexity index is 440. The summed E-state index contributed by atoms with van der Waals surface area (Å²) in [6, 6.07) is 4.10. The van der Waals surface area contributed by atoms with Crippen LogP contribution in [0.2, 0.25) is 0 Å². The van der Waals surface area contributed by atoms with Crippen molar-refractivity contribution in [1.82, 2.24) is 5.32 Å². The van der Waals surface area contributed by atoms with Gasteiger partial charge in [-0.15, -0.1) is 12.4 Å². The van der Waals surface area contributed by atoms with Gasteiger partial charge in [0.05, 0.1) is 12.1 Å². The minimum absolute atomic E-state index is 0. The minimum atomic E-state index is -4.40. The van der Waals surface area contributed by atoms with E-state index in [0.29, 0.717) is 0 Å². The number of nitrogens with two attached hydrogens (primary N) is 1. The van der Waals surface area contributed by atoms with Crippen LogP contribution in [0.5, 0.6) is 5.75 Å². The van der Waals surface area contributed by atoms with Gasteiger partial charge in [-0.2, -0.15) is 13.2 Å². The molecule has 0 aliphatic carbocycles. The first-order valence-corrected chi connectivity index (χ1v) is 5.78. The molecule has 0 heterocycles. The molecule has 1 aromatic rings. The maximum Gasteiger partial charge on any atom is 0.416 e. The summed E-state index contributed by atoms with van der Waals surface area (Å²) in [7, 11) is 0. The SMILES string of the molecule is Cl.NCC(=O)NCC(O)COc1ccc(C(F)(F)F)cc1.